The summed E-state index contributed by atoms with van der Waals surface area (Å²) in [5, 5.41) is 0. The van der Waals surface area contributed by atoms with E-state index in [0.29, 0.717) is 48.0 Å². The Morgan fingerprint density at radius 1 is 0.853 bits per heavy atom. The van der Waals surface area contributed by atoms with Crippen molar-refractivity contribution < 1.29 is 19.1 Å². The molecule has 172 valence electrons. The highest BCUT2D eigenvalue weighted by Gasteiger charge is 2.44. The molecule has 3 aromatic carbocycles. The molecule has 0 N–H and O–H groups in total. The first-order valence-electron chi connectivity index (χ1n) is 11.4. The van der Waals surface area contributed by atoms with Gasteiger partial charge >= 0.3 is 0 Å². The topological polar surface area (TPSA) is 59.1 Å². The van der Waals surface area contributed by atoms with Crippen LogP contribution in [-0.4, -0.2) is 37.0 Å². The van der Waals surface area contributed by atoms with E-state index in [9.17, 15) is 9.59 Å². The van der Waals surface area contributed by atoms with Crippen molar-refractivity contribution in [3.8, 4) is 11.5 Å². The summed E-state index contributed by atoms with van der Waals surface area (Å²) in [6.07, 6.45) is 0.812. The van der Waals surface area contributed by atoms with Crippen LogP contribution in [0.4, 0.5) is 5.69 Å². The molecule has 2 heterocycles. The average molecular weight is 455 g/mol. The number of para-hydroxylation sites is 2. The lowest BCUT2D eigenvalue weighted by Gasteiger charge is -2.31. The summed E-state index contributed by atoms with van der Waals surface area (Å²) in [5.41, 5.74) is 4.40. The predicted molar refractivity (Wildman–Crippen MR) is 131 cm³/mol. The van der Waals surface area contributed by atoms with E-state index in [-0.39, 0.29) is 11.8 Å². The molecule has 2 aliphatic rings. The number of hydrogen-bond donors (Lipinski definition) is 0. The number of anilines is 1. The number of methoxy groups -OCH3 is 1. The van der Waals surface area contributed by atoms with E-state index >= 15 is 0 Å². The van der Waals surface area contributed by atoms with Crippen molar-refractivity contribution in [1.82, 2.24) is 4.90 Å². The summed E-state index contributed by atoms with van der Waals surface area (Å²) < 4.78 is 11.0. The van der Waals surface area contributed by atoms with E-state index in [1.165, 1.54) is 23.1 Å². The zero-order chi connectivity index (χ0) is 23.7. The number of imide groups is 1. The lowest BCUT2D eigenvalue weighted by Crippen LogP contribution is -2.37. The van der Waals surface area contributed by atoms with Gasteiger partial charge in [-0.05, 0) is 54.3 Å². The van der Waals surface area contributed by atoms with Crippen LogP contribution in [0.1, 0.15) is 23.6 Å². The van der Waals surface area contributed by atoms with Gasteiger partial charge in [0.25, 0.3) is 11.8 Å². The van der Waals surface area contributed by atoms with E-state index in [1.807, 2.05) is 54.3 Å². The zero-order valence-corrected chi connectivity index (χ0v) is 19.3. The second kappa shape index (κ2) is 9.06. The molecule has 0 saturated carbocycles. The summed E-state index contributed by atoms with van der Waals surface area (Å²) in [7, 11) is 1.53. The molecule has 0 aliphatic carbocycles. The number of carbonyl (C=O) groups excluding carboxylic acids is 2. The first-order valence-corrected chi connectivity index (χ1v) is 11.4. The average Bonchev–Trinajstić information content (AvgIpc) is 3.14. The van der Waals surface area contributed by atoms with Crippen molar-refractivity contribution in [3.05, 3.63) is 95.2 Å². The van der Waals surface area contributed by atoms with Gasteiger partial charge in [-0.25, -0.2) is 4.90 Å². The molecule has 0 bridgehead atoms. The minimum atomic E-state index is -0.354. The highest BCUT2D eigenvalue weighted by molar-refractivity contribution is 6.45. The van der Waals surface area contributed by atoms with Gasteiger partial charge in [-0.3, -0.25) is 9.59 Å². The fourth-order valence-corrected chi connectivity index (χ4v) is 4.68. The van der Waals surface area contributed by atoms with Crippen LogP contribution in [-0.2, 0) is 22.6 Å². The Labute approximate surface area is 199 Å². The first-order chi connectivity index (χ1) is 16.6. The Bertz CT molecular complexity index is 1280. The van der Waals surface area contributed by atoms with E-state index in [1.54, 1.807) is 18.2 Å². The van der Waals surface area contributed by atoms with Gasteiger partial charge in [0.15, 0.2) is 0 Å². The van der Waals surface area contributed by atoms with Crippen LogP contribution in [0.3, 0.4) is 0 Å². The van der Waals surface area contributed by atoms with Crippen molar-refractivity contribution in [2.45, 2.75) is 19.9 Å². The number of rotatable bonds is 6. The van der Waals surface area contributed by atoms with Crippen molar-refractivity contribution in [2.24, 2.45) is 0 Å². The van der Waals surface area contributed by atoms with Crippen LogP contribution >= 0.6 is 0 Å². The minimum absolute atomic E-state index is 0.335. The zero-order valence-electron chi connectivity index (χ0n) is 19.3. The molecule has 0 spiro atoms. The SMILES string of the molecule is CCOc1ccc(C2=C(N3CCc4ccccc4C3)C(=O)N(c3ccccc3OC)C2=O)cc1. The van der Waals surface area contributed by atoms with Crippen molar-refractivity contribution >= 4 is 23.1 Å². The summed E-state index contributed by atoms with van der Waals surface area (Å²) in [5.74, 6) is 0.504. The quantitative estimate of drug-likeness (QED) is 0.516. The van der Waals surface area contributed by atoms with Gasteiger partial charge in [0.2, 0.25) is 0 Å². The van der Waals surface area contributed by atoms with Crippen molar-refractivity contribution in [3.63, 3.8) is 0 Å². The Balaban J connectivity index is 1.61. The number of fused-ring (bicyclic) bond motifs is 1. The molecule has 0 radical (unpaired) electrons. The van der Waals surface area contributed by atoms with Crippen molar-refractivity contribution in [1.29, 1.82) is 0 Å². The molecule has 3 aromatic rings. The number of hydrogen-bond acceptors (Lipinski definition) is 5. The van der Waals surface area contributed by atoms with Crippen LogP contribution in [0.2, 0.25) is 0 Å². The standard InChI is InChI=1S/C28H26N2O4/c1-3-34-22-14-12-20(13-15-22)25-26(29-17-16-19-8-4-5-9-21(19)18-29)28(32)30(27(25)31)23-10-6-7-11-24(23)33-2/h4-15H,3,16-18H2,1-2H3. The second-order valence-electron chi connectivity index (χ2n) is 8.24. The lowest BCUT2D eigenvalue weighted by molar-refractivity contribution is -0.120. The maximum absolute atomic E-state index is 13.9. The van der Waals surface area contributed by atoms with Crippen molar-refractivity contribution in [2.75, 3.05) is 25.2 Å². The molecular weight excluding hydrogens is 428 g/mol. The van der Waals surface area contributed by atoms with E-state index in [0.717, 1.165) is 12.2 Å². The van der Waals surface area contributed by atoms with Crippen LogP contribution in [0.15, 0.2) is 78.5 Å². The Hall–Kier alpha value is -4.06. The number of benzene rings is 3. The van der Waals surface area contributed by atoms with Crippen LogP contribution in [0, 0.1) is 0 Å². The Kier molecular flexibility index (Phi) is 5.80. The summed E-state index contributed by atoms with van der Waals surface area (Å²) in [4.78, 5) is 31.0. The third kappa shape index (κ3) is 3.71. The summed E-state index contributed by atoms with van der Waals surface area (Å²) >= 11 is 0. The smallest absolute Gasteiger partial charge is 0.282 e. The monoisotopic (exact) mass is 454 g/mol. The van der Waals surface area contributed by atoms with Crippen LogP contribution in [0.5, 0.6) is 11.5 Å². The van der Waals surface area contributed by atoms with Gasteiger partial charge < -0.3 is 14.4 Å². The molecule has 0 fully saturated rings. The van der Waals surface area contributed by atoms with E-state index in [4.69, 9.17) is 9.47 Å². The summed E-state index contributed by atoms with van der Waals surface area (Å²) in [6.45, 7) is 3.71. The highest BCUT2D eigenvalue weighted by Crippen LogP contribution is 2.40. The fourth-order valence-electron chi connectivity index (χ4n) is 4.68. The largest absolute Gasteiger partial charge is 0.495 e. The van der Waals surface area contributed by atoms with E-state index in [2.05, 4.69) is 12.1 Å². The normalized spacial score (nSPS) is 15.6. The molecule has 5 rings (SSSR count). The van der Waals surface area contributed by atoms with Gasteiger partial charge in [-0.2, -0.15) is 0 Å². The first kappa shape index (κ1) is 21.8. The minimum Gasteiger partial charge on any atom is -0.495 e. The second-order valence-corrected chi connectivity index (χ2v) is 8.24. The van der Waals surface area contributed by atoms with Gasteiger partial charge in [-0.1, -0.05) is 48.5 Å². The van der Waals surface area contributed by atoms with Crippen LogP contribution < -0.4 is 14.4 Å². The van der Waals surface area contributed by atoms with Crippen LogP contribution in [0.25, 0.3) is 5.57 Å². The van der Waals surface area contributed by atoms with Gasteiger partial charge in [0.05, 0.1) is 25.0 Å². The lowest BCUT2D eigenvalue weighted by atomic mass is 9.98. The third-order valence-corrected chi connectivity index (χ3v) is 6.29. The Morgan fingerprint density at radius 2 is 1.56 bits per heavy atom. The third-order valence-electron chi connectivity index (χ3n) is 6.29. The molecule has 0 aromatic heterocycles. The number of amides is 2. The molecule has 34 heavy (non-hydrogen) atoms. The highest BCUT2D eigenvalue weighted by atomic mass is 16.5. The van der Waals surface area contributed by atoms with Gasteiger partial charge in [0, 0.05) is 13.1 Å². The number of nitrogens with zero attached hydrogens (tertiary/aromatic N) is 2. The molecule has 6 heteroatoms. The number of ether oxygens (including phenoxy) is 2. The fraction of sp³-hybridized carbons (Fsp3) is 0.214. The maximum Gasteiger partial charge on any atom is 0.282 e. The Morgan fingerprint density at radius 3 is 2.29 bits per heavy atom. The maximum atomic E-state index is 13.9. The summed E-state index contributed by atoms with van der Waals surface area (Å²) in [6, 6.07) is 22.7. The molecule has 0 atom stereocenters. The molecular formula is C28H26N2O4. The molecule has 2 amide bonds. The van der Waals surface area contributed by atoms with E-state index < -0.39 is 0 Å². The molecule has 0 unspecified atom stereocenters. The molecule has 0 saturated heterocycles. The van der Waals surface area contributed by atoms with Gasteiger partial charge in [0.1, 0.15) is 17.2 Å². The molecule has 6 nitrogen and oxygen atoms in total. The molecule has 2 aliphatic heterocycles. The predicted octanol–water partition coefficient (Wildman–Crippen LogP) is 4.44. The number of carbonyl (C=O) groups is 2. The van der Waals surface area contributed by atoms with Gasteiger partial charge in [-0.15, -0.1) is 0 Å².